The summed E-state index contributed by atoms with van der Waals surface area (Å²) in [5.41, 5.74) is 3.05. The van der Waals surface area contributed by atoms with Crippen molar-refractivity contribution in [3.63, 3.8) is 0 Å². The van der Waals surface area contributed by atoms with Gasteiger partial charge in [-0.3, -0.25) is 4.79 Å². The summed E-state index contributed by atoms with van der Waals surface area (Å²) in [7, 11) is -3.96. The minimum atomic E-state index is -3.96. The molecule has 0 radical (unpaired) electrons. The van der Waals surface area contributed by atoms with Crippen LogP contribution in [0.2, 0.25) is 0 Å². The van der Waals surface area contributed by atoms with E-state index in [1.807, 2.05) is 30.3 Å². The third kappa shape index (κ3) is 4.33. The van der Waals surface area contributed by atoms with Gasteiger partial charge in [0.25, 0.3) is 10.0 Å². The summed E-state index contributed by atoms with van der Waals surface area (Å²) >= 11 is 1.10. The summed E-state index contributed by atoms with van der Waals surface area (Å²) in [6, 6.07) is 22.7. The Morgan fingerprint density at radius 3 is 2.28 bits per heavy atom. The lowest BCUT2D eigenvalue weighted by atomic mass is 9.91. The van der Waals surface area contributed by atoms with Gasteiger partial charge in [0, 0.05) is 0 Å². The number of aromatic nitrogens is 2. The van der Waals surface area contributed by atoms with E-state index in [2.05, 4.69) is 13.5 Å². The lowest BCUT2D eigenvalue weighted by Gasteiger charge is -2.18. The molecule has 0 spiro atoms. The average Bonchev–Trinajstić information content (AvgIpc) is 3.21. The Bertz CT molecular complexity index is 1240. The second kappa shape index (κ2) is 8.10. The minimum absolute atomic E-state index is 0.0472. The Kier molecular flexibility index (Phi) is 5.37. The van der Waals surface area contributed by atoms with E-state index in [9.17, 15) is 13.2 Å². The molecule has 3 aromatic carbocycles. The Labute approximate surface area is 172 Å². The SMILES string of the molecule is O=C(NS(=O)(=O)c1ccccc1)C(Cc1ccccc1)c1ccc2nsnc2c1. The second-order valence-corrected chi connectivity index (χ2v) is 8.75. The highest BCUT2D eigenvalue weighted by molar-refractivity contribution is 7.90. The first-order valence-electron chi connectivity index (χ1n) is 8.91. The summed E-state index contributed by atoms with van der Waals surface area (Å²) in [4.78, 5) is 13.1. The molecule has 0 saturated carbocycles. The number of carbonyl (C=O) groups excluding carboxylic acids is 1. The van der Waals surface area contributed by atoms with Crippen LogP contribution in [0.1, 0.15) is 17.0 Å². The number of fused-ring (bicyclic) bond motifs is 1. The minimum Gasteiger partial charge on any atom is -0.273 e. The highest BCUT2D eigenvalue weighted by atomic mass is 32.2. The molecule has 1 heterocycles. The van der Waals surface area contributed by atoms with Crippen LogP contribution >= 0.6 is 11.7 Å². The van der Waals surface area contributed by atoms with Crippen molar-refractivity contribution in [3.05, 3.63) is 90.0 Å². The first-order valence-corrected chi connectivity index (χ1v) is 11.1. The van der Waals surface area contributed by atoms with Crippen LogP contribution in [0.25, 0.3) is 11.0 Å². The second-order valence-electron chi connectivity index (χ2n) is 6.54. The predicted octanol–water partition coefficient (Wildman–Crippen LogP) is 3.52. The van der Waals surface area contributed by atoms with Crippen LogP contribution in [0.3, 0.4) is 0 Å². The lowest BCUT2D eigenvalue weighted by Crippen LogP contribution is -2.35. The summed E-state index contributed by atoms with van der Waals surface area (Å²) < 4.78 is 35.9. The largest absolute Gasteiger partial charge is 0.273 e. The number of nitrogens with zero attached hydrogens (tertiary/aromatic N) is 2. The Morgan fingerprint density at radius 1 is 0.897 bits per heavy atom. The zero-order valence-electron chi connectivity index (χ0n) is 15.2. The number of nitrogens with one attached hydrogen (secondary N) is 1. The zero-order chi connectivity index (χ0) is 20.3. The number of carbonyl (C=O) groups is 1. The fourth-order valence-electron chi connectivity index (χ4n) is 3.09. The lowest BCUT2D eigenvalue weighted by molar-refractivity contribution is -0.120. The average molecular weight is 424 g/mol. The van der Waals surface area contributed by atoms with Crippen molar-refractivity contribution >= 4 is 38.7 Å². The van der Waals surface area contributed by atoms with Gasteiger partial charge in [0.1, 0.15) is 11.0 Å². The third-order valence-electron chi connectivity index (χ3n) is 4.57. The zero-order valence-corrected chi connectivity index (χ0v) is 16.9. The van der Waals surface area contributed by atoms with E-state index in [1.54, 1.807) is 36.4 Å². The highest BCUT2D eigenvalue weighted by Crippen LogP contribution is 2.25. The molecule has 0 saturated heterocycles. The first-order chi connectivity index (χ1) is 14.0. The van der Waals surface area contributed by atoms with Gasteiger partial charge < -0.3 is 0 Å². The molecule has 0 aliphatic heterocycles. The standard InChI is InChI=1S/C21H17N3O3S2/c25-21(24-29(26,27)17-9-5-2-6-10-17)18(13-15-7-3-1-4-8-15)16-11-12-19-20(14-16)23-28-22-19/h1-12,14,18H,13H2,(H,24,25). The van der Waals surface area contributed by atoms with E-state index < -0.39 is 21.8 Å². The molecule has 146 valence electrons. The summed E-state index contributed by atoms with van der Waals surface area (Å²) in [6.45, 7) is 0. The number of benzene rings is 3. The molecule has 1 N–H and O–H groups in total. The fraction of sp³-hybridized carbons (Fsp3) is 0.0952. The molecule has 0 fully saturated rings. The number of hydrogen-bond donors (Lipinski definition) is 1. The summed E-state index contributed by atoms with van der Waals surface area (Å²) in [5, 5.41) is 0. The van der Waals surface area contributed by atoms with E-state index in [1.165, 1.54) is 12.1 Å². The van der Waals surface area contributed by atoms with Crippen molar-refractivity contribution in [1.29, 1.82) is 0 Å². The summed E-state index contributed by atoms with van der Waals surface area (Å²) in [6.07, 6.45) is 0.361. The van der Waals surface area contributed by atoms with Gasteiger partial charge in [-0.1, -0.05) is 54.6 Å². The summed E-state index contributed by atoms with van der Waals surface area (Å²) in [5.74, 6) is -1.28. The van der Waals surface area contributed by atoms with E-state index in [4.69, 9.17) is 0 Å². The Balaban J connectivity index is 1.68. The number of sulfonamides is 1. The smallest absolute Gasteiger partial charge is 0.264 e. The molecule has 29 heavy (non-hydrogen) atoms. The molecule has 4 aromatic rings. The fourth-order valence-corrected chi connectivity index (χ4v) is 4.65. The van der Waals surface area contributed by atoms with Crippen LogP contribution in [0.15, 0.2) is 83.8 Å². The van der Waals surface area contributed by atoms with Gasteiger partial charge >= 0.3 is 0 Å². The first kappa shape index (κ1) is 19.2. The molecule has 0 aliphatic rings. The van der Waals surface area contributed by atoms with Gasteiger partial charge in [-0.15, -0.1) is 0 Å². The van der Waals surface area contributed by atoms with Gasteiger partial charge in [0.05, 0.1) is 22.5 Å². The Morgan fingerprint density at radius 2 is 1.55 bits per heavy atom. The highest BCUT2D eigenvalue weighted by Gasteiger charge is 2.26. The number of hydrogen-bond acceptors (Lipinski definition) is 6. The van der Waals surface area contributed by atoms with Gasteiger partial charge in [0.15, 0.2) is 0 Å². The molecular formula is C21H17N3O3S2. The molecule has 4 rings (SSSR count). The van der Waals surface area contributed by atoms with E-state index in [-0.39, 0.29) is 4.90 Å². The van der Waals surface area contributed by atoms with E-state index >= 15 is 0 Å². The van der Waals surface area contributed by atoms with Crippen molar-refractivity contribution in [2.75, 3.05) is 0 Å². The number of rotatable bonds is 6. The van der Waals surface area contributed by atoms with Gasteiger partial charge in [-0.25, -0.2) is 13.1 Å². The molecule has 1 amide bonds. The normalized spacial score (nSPS) is 12.6. The number of amides is 1. The third-order valence-corrected chi connectivity index (χ3v) is 6.49. The molecule has 1 atom stereocenters. The van der Waals surface area contributed by atoms with Crippen LogP contribution in [-0.2, 0) is 21.2 Å². The van der Waals surface area contributed by atoms with Crippen LogP contribution in [0, 0.1) is 0 Å². The van der Waals surface area contributed by atoms with E-state index in [0.29, 0.717) is 17.5 Å². The van der Waals surface area contributed by atoms with Crippen LogP contribution in [0.4, 0.5) is 0 Å². The predicted molar refractivity (Wildman–Crippen MR) is 112 cm³/mol. The van der Waals surface area contributed by atoms with Gasteiger partial charge in [0.2, 0.25) is 5.91 Å². The molecular weight excluding hydrogens is 406 g/mol. The molecule has 1 unspecified atom stereocenters. The maximum Gasteiger partial charge on any atom is 0.264 e. The van der Waals surface area contributed by atoms with Crippen LogP contribution < -0.4 is 4.72 Å². The maximum atomic E-state index is 13.1. The Hall–Kier alpha value is -3.10. The molecule has 1 aromatic heterocycles. The quantitative estimate of drug-likeness (QED) is 0.513. The molecule has 0 bridgehead atoms. The monoisotopic (exact) mass is 423 g/mol. The van der Waals surface area contributed by atoms with E-state index in [0.717, 1.165) is 22.8 Å². The van der Waals surface area contributed by atoms with Crippen molar-refractivity contribution in [1.82, 2.24) is 13.5 Å². The molecule has 6 nitrogen and oxygen atoms in total. The van der Waals surface area contributed by atoms with Crippen molar-refractivity contribution < 1.29 is 13.2 Å². The molecule has 0 aliphatic carbocycles. The van der Waals surface area contributed by atoms with Crippen molar-refractivity contribution in [2.45, 2.75) is 17.2 Å². The molecule has 8 heteroatoms. The van der Waals surface area contributed by atoms with Crippen molar-refractivity contribution in [3.8, 4) is 0 Å². The van der Waals surface area contributed by atoms with Gasteiger partial charge in [-0.2, -0.15) is 8.75 Å². The van der Waals surface area contributed by atoms with Crippen molar-refractivity contribution in [2.24, 2.45) is 0 Å². The topological polar surface area (TPSA) is 89.0 Å². The van der Waals surface area contributed by atoms with Crippen LogP contribution in [-0.4, -0.2) is 23.1 Å². The van der Waals surface area contributed by atoms with Crippen LogP contribution in [0.5, 0.6) is 0 Å². The van der Waals surface area contributed by atoms with Gasteiger partial charge in [-0.05, 0) is 41.8 Å². The maximum absolute atomic E-state index is 13.1.